The Balaban J connectivity index is 0.00000220. The smallest absolute Gasteiger partial charge is 0.236 e. The number of amides is 1. The van der Waals surface area contributed by atoms with Crippen molar-refractivity contribution in [2.24, 2.45) is 5.73 Å². The standard InChI is InChI=1S/C15H22N2O3.ClH/c1-12-4-3-5-13(8-12)20-11-15(19-2)6-7-17(10-15)14(18)9-16;/h3-5,8H,6-7,9-11,16H2,1-2H3;1H. The van der Waals surface area contributed by atoms with Crippen LogP contribution < -0.4 is 10.5 Å². The van der Waals surface area contributed by atoms with E-state index in [2.05, 4.69) is 0 Å². The van der Waals surface area contributed by atoms with Gasteiger partial charge in [-0.2, -0.15) is 0 Å². The van der Waals surface area contributed by atoms with E-state index in [0.29, 0.717) is 19.7 Å². The molecule has 5 nitrogen and oxygen atoms in total. The van der Waals surface area contributed by atoms with Gasteiger partial charge in [-0.1, -0.05) is 12.1 Å². The summed E-state index contributed by atoms with van der Waals surface area (Å²) in [6, 6.07) is 7.90. The van der Waals surface area contributed by atoms with Gasteiger partial charge in [0, 0.05) is 13.7 Å². The van der Waals surface area contributed by atoms with Gasteiger partial charge in [0.25, 0.3) is 0 Å². The molecule has 6 heteroatoms. The topological polar surface area (TPSA) is 64.8 Å². The van der Waals surface area contributed by atoms with E-state index < -0.39 is 5.60 Å². The highest BCUT2D eigenvalue weighted by molar-refractivity contribution is 5.85. The van der Waals surface area contributed by atoms with Crippen LogP contribution in [0, 0.1) is 6.92 Å². The molecule has 0 saturated carbocycles. The Kier molecular flexibility index (Phi) is 6.45. The molecular weight excluding hydrogens is 292 g/mol. The third-order valence-corrected chi connectivity index (χ3v) is 3.77. The summed E-state index contributed by atoms with van der Waals surface area (Å²) < 4.78 is 11.4. The van der Waals surface area contributed by atoms with Crippen molar-refractivity contribution in [1.82, 2.24) is 4.90 Å². The molecule has 1 aliphatic heterocycles. The lowest BCUT2D eigenvalue weighted by Crippen LogP contribution is -2.43. The summed E-state index contributed by atoms with van der Waals surface area (Å²) in [6.07, 6.45) is 0.765. The second kappa shape index (κ2) is 7.64. The van der Waals surface area contributed by atoms with Crippen LogP contribution in [0.4, 0.5) is 0 Å². The van der Waals surface area contributed by atoms with E-state index in [0.717, 1.165) is 17.7 Å². The number of likely N-dealkylation sites (tertiary alicyclic amines) is 1. The monoisotopic (exact) mass is 314 g/mol. The average molecular weight is 315 g/mol. The second-order valence-electron chi connectivity index (χ2n) is 5.26. The van der Waals surface area contributed by atoms with E-state index in [9.17, 15) is 4.79 Å². The Morgan fingerprint density at radius 2 is 2.24 bits per heavy atom. The minimum absolute atomic E-state index is 0. The summed E-state index contributed by atoms with van der Waals surface area (Å²) in [6.45, 7) is 3.70. The lowest BCUT2D eigenvalue weighted by Gasteiger charge is -2.27. The number of methoxy groups -OCH3 is 1. The number of hydrogen-bond donors (Lipinski definition) is 1. The molecule has 1 heterocycles. The third kappa shape index (κ3) is 4.33. The summed E-state index contributed by atoms with van der Waals surface area (Å²) in [4.78, 5) is 13.4. The van der Waals surface area contributed by atoms with Gasteiger partial charge in [0.1, 0.15) is 18.0 Å². The van der Waals surface area contributed by atoms with Gasteiger partial charge in [-0.25, -0.2) is 0 Å². The number of benzene rings is 1. The highest BCUT2D eigenvalue weighted by atomic mass is 35.5. The molecule has 2 rings (SSSR count). The summed E-state index contributed by atoms with van der Waals surface area (Å²) in [5.74, 6) is 0.782. The molecule has 1 fully saturated rings. The zero-order chi connectivity index (χ0) is 14.6. The first kappa shape index (κ1) is 17.8. The minimum atomic E-state index is -0.436. The number of aryl methyl sites for hydroxylation is 1. The molecule has 0 bridgehead atoms. The largest absolute Gasteiger partial charge is 0.491 e. The fraction of sp³-hybridized carbons (Fsp3) is 0.533. The van der Waals surface area contributed by atoms with Crippen molar-refractivity contribution in [3.05, 3.63) is 29.8 Å². The van der Waals surface area contributed by atoms with Crippen molar-refractivity contribution >= 4 is 18.3 Å². The Hall–Kier alpha value is -1.30. The van der Waals surface area contributed by atoms with Crippen LogP contribution in [0.3, 0.4) is 0 Å². The van der Waals surface area contributed by atoms with E-state index >= 15 is 0 Å². The van der Waals surface area contributed by atoms with Crippen LogP contribution in [0.25, 0.3) is 0 Å². The number of halogens is 1. The maximum absolute atomic E-state index is 11.6. The summed E-state index contributed by atoms with van der Waals surface area (Å²) >= 11 is 0. The molecule has 0 aliphatic carbocycles. The lowest BCUT2D eigenvalue weighted by molar-refractivity contribution is -0.130. The van der Waals surface area contributed by atoms with Gasteiger partial charge in [0.05, 0.1) is 13.1 Å². The number of carbonyl (C=O) groups is 1. The molecule has 1 aliphatic rings. The molecule has 2 N–H and O–H groups in total. The molecule has 1 aromatic carbocycles. The molecule has 0 radical (unpaired) electrons. The maximum atomic E-state index is 11.6. The van der Waals surface area contributed by atoms with E-state index in [1.54, 1.807) is 12.0 Å². The van der Waals surface area contributed by atoms with E-state index in [1.165, 1.54) is 0 Å². The SMILES string of the molecule is COC1(COc2cccc(C)c2)CCN(C(=O)CN)C1.Cl. The van der Waals surface area contributed by atoms with Gasteiger partial charge < -0.3 is 20.1 Å². The zero-order valence-electron chi connectivity index (χ0n) is 12.5. The predicted molar refractivity (Wildman–Crippen MR) is 83.9 cm³/mol. The fourth-order valence-corrected chi connectivity index (χ4v) is 2.45. The highest BCUT2D eigenvalue weighted by Crippen LogP contribution is 2.26. The number of carbonyl (C=O) groups excluding carboxylic acids is 1. The number of nitrogens with two attached hydrogens (primary N) is 1. The minimum Gasteiger partial charge on any atom is -0.491 e. The van der Waals surface area contributed by atoms with E-state index in [4.69, 9.17) is 15.2 Å². The normalized spacial score (nSPS) is 21.0. The van der Waals surface area contributed by atoms with Crippen molar-refractivity contribution in [3.8, 4) is 5.75 Å². The van der Waals surface area contributed by atoms with Crippen LogP contribution in [0.2, 0.25) is 0 Å². The Labute approximate surface area is 131 Å². The van der Waals surface area contributed by atoms with E-state index in [1.807, 2.05) is 31.2 Å². The molecular formula is C15H23ClN2O3. The molecule has 21 heavy (non-hydrogen) atoms. The van der Waals surface area contributed by atoms with Gasteiger partial charge in [0.2, 0.25) is 5.91 Å². The molecule has 1 amide bonds. The first-order chi connectivity index (χ1) is 9.58. The van der Waals surface area contributed by atoms with Gasteiger partial charge in [-0.3, -0.25) is 4.79 Å². The van der Waals surface area contributed by atoms with Crippen LogP contribution in [-0.4, -0.2) is 49.8 Å². The van der Waals surface area contributed by atoms with Crippen molar-refractivity contribution in [3.63, 3.8) is 0 Å². The third-order valence-electron chi connectivity index (χ3n) is 3.77. The van der Waals surface area contributed by atoms with Gasteiger partial charge in [-0.05, 0) is 31.0 Å². The summed E-state index contributed by atoms with van der Waals surface area (Å²) in [5, 5.41) is 0. The maximum Gasteiger partial charge on any atom is 0.236 e. The molecule has 1 atom stereocenters. The van der Waals surface area contributed by atoms with Crippen molar-refractivity contribution in [1.29, 1.82) is 0 Å². The van der Waals surface area contributed by atoms with Crippen LogP contribution in [-0.2, 0) is 9.53 Å². The summed E-state index contributed by atoms with van der Waals surface area (Å²) in [5.41, 5.74) is 6.12. The van der Waals surface area contributed by atoms with Crippen LogP contribution in [0.15, 0.2) is 24.3 Å². The lowest BCUT2D eigenvalue weighted by atomic mass is 10.0. The zero-order valence-corrected chi connectivity index (χ0v) is 13.3. The number of nitrogens with zero attached hydrogens (tertiary/aromatic N) is 1. The molecule has 0 spiro atoms. The highest BCUT2D eigenvalue weighted by Gasteiger charge is 2.40. The number of rotatable bonds is 5. The fourth-order valence-electron chi connectivity index (χ4n) is 2.45. The molecule has 0 aromatic heterocycles. The Morgan fingerprint density at radius 3 is 2.86 bits per heavy atom. The van der Waals surface area contributed by atoms with Gasteiger partial charge in [-0.15, -0.1) is 12.4 Å². The van der Waals surface area contributed by atoms with Crippen molar-refractivity contribution < 1.29 is 14.3 Å². The first-order valence-corrected chi connectivity index (χ1v) is 6.81. The quantitative estimate of drug-likeness (QED) is 0.891. The van der Waals surface area contributed by atoms with Crippen LogP contribution in [0.1, 0.15) is 12.0 Å². The van der Waals surface area contributed by atoms with Gasteiger partial charge >= 0.3 is 0 Å². The molecule has 1 aromatic rings. The molecule has 118 valence electrons. The predicted octanol–water partition coefficient (Wildman–Crippen LogP) is 1.37. The summed E-state index contributed by atoms with van der Waals surface area (Å²) in [7, 11) is 1.66. The second-order valence-corrected chi connectivity index (χ2v) is 5.26. The van der Waals surface area contributed by atoms with Crippen LogP contribution in [0.5, 0.6) is 5.75 Å². The number of hydrogen-bond acceptors (Lipinski definition) is 4. The first-order valence-electron chi connectivity index (χ1n) is 6.81. The Morgan fingerprint density at radius 1 is 1.48 bits per heavy atom. The molecule has 1 saturated heterocycles. The average Bonchev–Trinajstić information content (AvgIpc) is 2.90. The van der Waals surface area contributed by atoms with Crippen LogP contribution >= 0.6 is 12.4 Å². The van der Waals surface area contributed by atoms with Crippen molar-refractivity contribution in [2.75, 3.05) is 33.4 Å². The molecule has 1 unspecified atom stereocenters. The van der Waals surface area contributed by atoms with E-state index in [-0.39, 0.29) is 24.9 Å². The number of ether oxygens (including phenoxy) is 2. The van der Waals surface area contributed by atoms with Crippen molar-refractivity contribution in [2.45, 2.75) is 18.9 Å². The Bertz CT molecular complexity index is 484. The van der Waals surface area contributed by atoms with Gasteiger partial charge in [0.15, 0.2) is 0 Å².